The van der Waals surface area contributed by atoms with Crippen molar-refractivity contribution in [3.8, 4) is 11.5 Å². The molecular weight excluding hydrogens is 360 g/mol. The monoisotopic (exact) mass is 388 g/mol. The van der Waals surface area contributed by atoms with Gasteiger partial charge in [-0.25, -0.2) is 4.79 Å². The summed E-state index contributed by atoms with van der Waals surface area (Å²) < 4.78 is 18.1. The van der Waals surface area contributed by atoms with Crippen LogP contribution in [-0.4, -0.2) is 43.2 Å². The molecule has 0 bridgehead atoms. The molecule has 3 rings (SSSR count). The lowest BCUT2D eigenvalue weighted by molar-refractivity contribution is 0.108. The van der Waals surface area contributed by atoms with E-state index in [1.165, 1.54) is 11.3 Å². The fraction of sp³-hybridized carbons (Fsp3) is 0.500. The number of aryl methyl sites for hydroxylation is 1. The number of carbonyl (C=O) groups is 1. The number of urea groups is 1. The maximum absolute atomic E-state index is 12.2. The van der Waals surface area contributed by atoms with E-state index in [1.54, 1.807) is 32.4 Å². The number of hydrogen-bond donors (Lipinski definition) is 2. The summed E-state index contributed by atoms with van der Waals surface area (Å²) in [6.07, 6.45) is 2.61. The van der Waals surface area contributed by atoms with Gasteiger partial charge in [0, 0.05) is 48.9 Å². The Morgan fingerprint density at radius 1 is 1.29 bits per heavy atom. The summed E-state index contributed by atoms with van der Waals surface area (Å²) in [5, 5.41) is 10.4. The van der Waals surface area contributed by atoms with E-state index in [0.29, 0.717) is 36.8 Å². The SMILES string of the molecule is CCCn1nc(CCNC(=O)Nc2ccc(OC)c(OC)c2)c2c1CCOC2. The molecule has 1 aromatic carbocycles. The highest BCUT2D eigenvalue weighted by Crippen LogP contribution is 2.29. The van der Waals surface area contributed by atoms with Crippen LogP contribution in [0, 0.1) is 0 Å². The Morgan fingerprint density at radius 3 is 2.86 bits per heavy atom. The zero-order valence-corrected chi connectivity index (χ0v) is 16.7. The van der Waals surface area contributed by atoms with Gasteiger partial charge in [0.2, 0.25) is 0 Å². The van der Waals surface area contributed by atoms with Crippen LogP contribution in [0.2, 0.25) is 0 Å². The van der Waals surface area contributed by atoms with Crippen LogP contribution in [0.1, 0.15) is 30.3 Å². The second kappa shape index (κ2) is 9.45. The Hall–Kier alpha value is -2.74. The molecule has 1 aliphatic heterocycles. The van der Waals surface area contributed by atoms with Crippen LogP contribution >= 0.6 is 0 Å². The van der Waals surface area contributed by atoms with Crippen molar-refractivity contribution in [2.24, 2.45) is 0 Å². The molecule has 0 saturated carbocycles. The highest BCUT2D eigenvalue weighted by Gasteiger charge is 2.20. The third kappa shape index (κ3) is 4.56. The first-order valence-electron chi connectivity index (χ1n) is 9.58. The van der Waals surface area contributed by atoms with Crippen molar-refractivity contribution in [2.75, 3.05) is 32.7 Å². The summed E-state index contributed by atoms with van der Waals surface area (Å²) in [7, 11) is 3.13. The van der Waals surface area contributed by atoms with Gasteiger partial charge < -0.3 is 24.8 Å². The third-order valence-electron chi connectivity index (χ3n) is 4.70. The van der Waals surface area contributed by atoms with Crippen LogP contribution in [0.3, 0.4) is 0 Å². The molecule has 152 valence electrons. The summed E-state index contributed by atoms with van der Waals surface area (Å²) in [5.41, 5.74) is 4.10. The van der Waals surface area contributed by atoms with Gasteiger partial charge >= 0.3 is 6.03 Å². The quantitative estimate of drug-likeness (QED) is 0.726. The molecule has 0 saturated heterocycles. The minimum absolute atomic E-state index is 0.273. The molecule has 0 unspecified atom stereocenters. The predicted octanol–water partition coefficient (Wildman–Crippen LogP) is 2.75. The van der Waals surface area contributed by atoms with E-state index >= 15 is 0 Å². The molecule has 2 aromatic rings. The largest absolute Gasteiger partial charge is 0.493 e. The second-order valence-corrected chi connectivity index (χ2v) is 6.60. The van der Waals surface area contributed by atoms with E-state index in [-0.39, 0.29) is 6.03 Å². The summed E-state index contributed by atoms with van der Waals surface area (Å²) in [6, 6.07) is 4.96. The number of fused-ring (bicyclic) bond motifs is 1. The predicted molar refractivity (Wildman–Crippen MR) is 106 cm³/mol. The molecular formula is C20H28N4O4. The van der Waals surface area contributed by atoms with Crippen molar-refractivity contribution in [3.05, 3.63) is 35.2 Å². The summed E-state index contributed by atoms with van der Waals surface area (Å²) in [4.78, 5) is 12.2. The number of benzene rings is 1. The smallest absolute Gasteiger partial charge is 0.319 e. The molecule has 0 spiro atoms. The van der Waals surface area contributed by atoms with E-state index < -0.39 is 0 Å². The number of nitrogens with zero attached hydrogens (tertiary/aromatic N) is 2. The van der Waals surface area contributed by atoms with E-state index in [1.807, 2.05) is 0 Å². The average molecular weight is 388 g/mol. The molecule has 1 aromatic heterocycles. The van der Waals surface area contributed by atoms with E-state index in [0.717, 1.165) is 31.7 Å². The Balaban J connectivity index is 1.56. The van der Waals surface area contributed by atoms with Crippen molar-refractivity contribution in [1.29, 1.82) is 0 Å². The summed E-state index contributed by atoms with van der Waals surface area (Å²) >= 11 is 0. The molecule has 28 heavy (non-hydrogen) atoms. The normalized spacial score (nSPS) is 13.0. The van der Waals surface area contributed by atoms with Gasteiger partial charge in [-0.05, 0) is 18.6 Å². The molecule has 1 aliphatic rings. The molecule has 0 fully saturated rings. The van der Waals surface area contributed by atoms with E-state index in [9.17, 15) is 4.79 Å². The Morgan fingerprint density at radius 2 is 2.11 bits per heavy atom. The molecule has 8 heteroatoms. The van der Waals surface area contributed by atoms with Crippen LogP contribution in [-0.2, 0) is 30.7 Å². The standard InChI is InChI=1S/C20H28N4O4/c1-4-10-24-17-8-11-28-13-15(17)16(23-24)7-9-21-20(25)22-14-5-6-18(26-2)19(12-14)27-3/h5-6,12H,4,7-11,13H2,1-3H3,(H2,21,22,25). The lowest BCUT2D eigenvalue weighted by Crippen LogP contribution is -2.30. The van der Waals surface area contributed by atoms with Gasteiger partial charge in [-0.3, -0.25) is 4.68 Å². The van der Waals surface area contributed by atoms with Gasteiger partial charge in [0.1, 0.15) is 0 Å². The number of amides is 2. The fourth-order valence-electron chi connectivity index (χ4n) is 3.36. The number of rotatable bonds is 8. The van der Waals surface area contributed by atoms with E-state index in [2.05, 4.69) is 22.2 Å². The van der Waals surface area contributed by atoms with Gasteiger partial charge in [0.15, 0.2) is 11.5 Å². The van der Waals surface area contributed by atoms with Crippen LogP contribution in [0.5, 0.6) is 11.5 Å². The molecule has 0 atom stereocenters. The average Bonchev–Trinajstić information content (AvgIpc) is 3.06. The van der Waals surface area contributed by atoms with Crippen LogP contribution < -0.4 is 20.1 Å². The lowest BCUT2D eigenvalue weighted by atomic mass is 10.1. The van der Waals surface area contributed by atoms with Gasteiger partial charge in [-0.15, -0.1) is 0 Å². The van der Waals surface area contributed by atoms with Crippen molar-refractivity contribution in [1.82, 2.24) is 15.1 Å². The number of anilines is 1. The molecule has 0 radical (unpaired) electrons. The third-order valence-corrected chi connectivity index (χ3v) is 4.70. The van der Waals surface area contributed by atoms with Crippen molar-refractivity contribution >= 4 is 11.7 Å². The van der Waals surface area contributed by atoms with Gasteiger partial charge in [-0.2, -0.15) is 5.10 Å². The molecule has 2 N–H and O–H groups in total. The Bertz CT molecular complexity index is 819. The van der Waals surface area contributed by atoms with Gasteiger partial charge in [-0.1, -0.05) is 6.92 Å². The molecule has 2 amide bonds. The number of aromatic nitrogens is 2. The van der Waals surface area contributed by atoms with Gasteiger partial charge in [0.25, 0.3) is 0 Å². The zero-order valence-electron chi connectivity index (χ0n) is 16.7. The van der Waals surface area contributed by atoms with Crippen molar-refractivity contribution in [2.45, 2.75) is 39.3 Å². The zero-order chi connectivity index (χ0) is 19.9. The van der Waals surface area contributed by atoms with Crippen LogP contribution in [0.15, 0.2) is 18.2 Å². The summed E-state index contributed by atoms with van der Waals surface area (Å²) in [5.74, 6) is 1.18. The maximum atomic E-state index is 12.2. The first kappa shape index (κ1) is 20.0. The minimum Gasteiger partial charge on any atom is -0.493 e. The highest BCUT2D eigenvalue weighted by atomic mass is 16.5. The van der Waals surface area contributed by atoms with Crippen LogP contribution in [0.25, 0.3) is 0 Å². The maximum Gasteiger partial charge on any atom is 0.319 e. The Kier molecular flexibility index (Phi) is 6.76. The topological polar surface area (TPSA) is 86.6 Å². The van der Waals surface area contributed by atoms with Gasteiger partial charge in [0.05, 0.1) is 33.1 Å². The highest BCUT2D eigenvalue weighted by molar-refractivity contribution is 5.89. The minimum atomic E-state index is -0.273. The number of nitrogens with one attached hydrogen (secondary N) is 2. The fourth-order valence-corrected chi connectivity index (χ4v) is 3.36. The van der Waals surface area contributed by atoms with Crippen molar-refractivity contribution in [3.63, 3.8) is 0 Å². The first-order valence-corrected chi connectivity index (χ1v) is 9.58. The first-order chi connectivity index (χ1) is 13.7. The van der Waals surface area contributed by atoms with Crippen molar-refractivity contribution < 1.29 is 19.0 Å². The second-order valence-electron chi connectivity index (χ2n) is 6.60. The van der Waals surface area contributed by atoms with E-state index in [4.69, 9.17) is 19.3 Å². The number of hydrogen-bond acceptors (Lipinski definition) is 5. The van der Waals surface area contributed by atoms with Crippen LogP contribution in [0.4, 0.5) is 10.5 Å². The lowest BCUT2D eigenvalue weighted by Gasteiger charge is -2.15. The molecule has 0 aliphatic carbocycles. The number of carbonyl (C=O) groups excluding carboxylic acids is 1. The number of methoxy groups -OCH3 is 2. The number of ether oxygens (including phenoxy) is 3. The summed E-state index contributed by atoms with van der Waals surface area (Å²) in [6.45, 7) is 4.90. The molecule has 2 heterocycles. The Labute approximate surface area is 165 Å². The molecule has 8 nitrogen and oxygen atoms in total.